The molecule has 7 heteroatoms. The van der Waals surface area contributed by atoms with Crippen LogP contribution in [-0.2, 0) is 14.3 Å². The molecule has 18 heavy (non-hydrogen) atoms. The summed E-state index contributed by atoms with van der Waals surface area (Å²) >= 11 is 0. The number of esters is 1. The Bertz CT molecular complexity index is 327. The average molecular weight is 258 g/mol. The molecule has 0 radical (unpaired) electrons. The van der Waals surface area contributed by atoms with Gasteiger partial charge in [0.1, 0.15) is 6.04 Å². The highest BCUT2D eigenvalue weighted by molar-refractivity contribution is 5.86. The predicted molar refractivity (Wildman–Crippen MR) is 61.9 cm³/mol. The number of amides is 2. The topological polar surface area (TPSA) is 105 Å². The van der Waals surface area contributed by atoms with Crippen LogP contribution in [0, 0.1) is 5.92 Å². The zero-order valence-corrected chi connectivity index (χ0v) is 10.3. The molecule has 2 amide bonds. The fourth-order valence-corrected chi connectivity index (χ4v) is 1.59. The van der Waals surface area contributed by atoms with E-state index in [1.54, 1.807) is 0 Å². The second-order valence-electron chi connectivity index (χ2n) is 4.32. The third kappa shape index (κ3) is 4.60. The Morgan fingerprint density at radius 3 is 2.50 bits per heavy atom. The highest BCUT2D eigenvalue weighted by Gasteiger charge is 2.24. The maximum Gasteiger partial charge on any atom is 0.326 e. The first-order chi connectivity index (χ1) is 8.52. The first-order valence-electron chi connectivity index (χ1n) is 5.87. The van der Waals surface area contributed by atoms with Crippen molar-refractivity contribution in [1.82, 2.24) is 10.6 Å². The molecule has 0 spiro atoms. The minimum atomic E-state index is -1.26. The lowest BCUT2D eigenvalue weighted by molar-refractivity contribution is -0.147. The van der Waals surface area contributed by atoms with Gasteiger partial charge < -0.3 is 20.5 Å². The summed E-state index contributed by atoms with van der Waals surface area (Å²) in [5.41, 5.74) is 0. The SMILES string of the molecule is COC(=O)C[C@H](NC(=O)NCC1CCC1)C(=O)O. The van der Waals surface area contributed by atoms with Crippen LogP contribution in [0.5, 0.6) is 0 Å². The van der Waals surface area contributed by atoms with Crippen molar-refractivity contribution in [1.29, 1.82) is 0 Å². The van der Waals surface area contributed by atoms with Gasteiger partial charge in [-0.15, -0.1) is 0 Å². The van der Waals surface area contributed by atoms with Crippen LogP contribution in [0.1, 0.15) is 25.7 Å². The highest BCUT2D eigenvalue weighted by Crippen LogP contribution is 2.24. The van der Waals surface area contributed by atoms with Crippen LogP contribution in [-0.4, -0.2) is 42.8 Å². The molecule has 0 aromatic heterocycles. The number of methoxy groups -OCH3 is 1. The summed E-state index contributed by atoms with van der Waals surface area (Å²) in [7, 11) is 1.16. The Kier molecular flexibility index (Phi) is 5.41. The number of ether oxygens (including phenoxy) is 1. The molecule has 1 aliphatic carbocycles. The normalized spacial score (nSPS) is 16.3. The molecule has 0 unspecified atom stereocenters. The van der Waals surface area contributed by atoms with Gasteiger partial charge in [-0.2, -0.15) is 0 Å². The van der Waals surface area contributed by atoms with E-state index in [0.29, 0.717) is 12.5 Å². The van der Waals surface area contributed by atoms with Crippen LogP contribution >= 0.6 is 0 Å². The number of urea groups is 1. The van der Waals surface area contributed by atoms with Crippen molar-refractivity contribution < 1.29 is 24.2 Å². The van der Waals surface area contributed by atoms with Gasteiger partial charge in [-0.3, -0.25) is 4.79 Å². The van der Waals surface area contributed by atoms with Crippen molar-refractivity contribution in [3.8, 4) is 0 Å². The molecule has 1 rings (SSSR count). The summed E-state index contributed by atoms with van der Waals surface area (Å²) in [5, 5.41) is 13.7. The van der Waals surface area contributed by atoms with Crippen molar-refractivity contribution in [2.45, 2.75) is 31.7 Å². The Balaban J connectivity index is 2.31. The van der Waals surface area contributed by atoms with Crippen LogP contribution in [0.25, 0.3) is 0 Å². The number of rotatable bonds is 6. The molecule has 3 N–H and O–H groups in total. The zero-order valence-electron chi connectivity index (χ0n) is 10.3. The number of carboxylic acids is 1. The second kappa shape index (κ2) is 6.83. The molecule has 102 valence electrons. The van der Waals surface area contributed by atoms with Crippen molar-refractivity contribution in [2.75, 3.05) is 13.7 Å². The summed E-state index contributed by atoms with van der Waals surface area (Å²) in [5.74, 6) is -1.46. The van der Waals surface area contributed by atoms with E-state index in [0.717, 1.165) is 20.0 Å². The van der Waals surface area contributed by atoms with Crippen molar-refractivity contribution >= 4 is 18.0 Å². The molecule has 0 heterocycles. The van der Waals surface area contributed by atoms with Gasteiger partial charge in [0.15, 0.2) is 0 Å². The molecule has 1 fully saturated rings. The number of hydrogen-bond acceptors (Lipinski definition) is 4. The van der Waals surface area contributed by atoms with Crippen molar-refractivity contribution in [3.05, 3.63) is 0 Å². The lowest BCUT2D eigenvalue weighted by Crippen LogP contribution is -2.48. The van der Waals surface area contributed by atoms with Gasteiger partial charge in [-0.05, 0) is 18.8 Å². The molecular weight excluding hydrogens is 240 g/mol. The maximum absolute atomic E-state index is 11.4. The van der Waals surface area contributed by atoms with E-state index in [2.05, 4.69) is 15.4 Å². The minimum absolute atomic E-state index is 0.386. The lowest BCUT2D eigenvalue weighted by atomic mass is 9.85. The summed E-state index contributed by atoms with van der Waals surface area (Å²) in [4.78, 5) is 33.2. The number of carboxylic acid groups (broad SMARTS) is 1. The second-order valence-corrected chi connectivity index (χ2v) is 4.32. The van der Waals surface area contributed by atoms with Gasteiger partial charge in [0, 0.05) is 6.54 Å². The van der Waals surface area contributed by atoms with Crippen LogP contribution < -0.4 is 10.6 Å². The molecule has 1 saturated carbocycles. The van der Waals surface area contributed by atoms with Gasteiger partial charge in [0.25, 0.3) is 0 Å². The van der Waals surface area contributed by atoms with E-state index >= 15 is 0 Å². The molecule has 0 aromatic rings. The van der Waals surface area contributed by atoms with E-state index in [4.69, 9.17) is 5.11 Å². The first-order valence-corrected chi connectivity index (χ1v) is 5.87. The largest absolute Gasteiger partial charge is 0.480 e. The van der Waals surface area contributed by atoms with E-state index in [1.807, 2.05) is 0 Å². The van der Waals surface area contributed by atoms with Crippen LogP contribution in [0.3, 0.4) is 0 Å². The van der Waals surface area contributed by atoms with E-state index < -0.39 is 24.0 Å². The van der Waals surface area contributed by atoms with Gasteiger partial charge in [0.05, 0.1) is 13.5 Å². The standard InChI is InChI=1S/C11H18N2O5/c1-18-9(14)5-8(10(15)16)13-11(17)12-6-7-3-2-4-7/h7-8H,2-6H2,1H3,(H,15,16)(H2,12,13,17)/t8-/m0/s1. The molecule has 7 nitrogen and oxygen atoms in total. The number of carbonyl (C=O) groups is 3. The van der Waals surface area contributed by atoms with E-state index in [-0.39, 0.29) is 6.42 Å². The Hall–Kier alpha value is -1.79. The van der Waals surface area contributed by atoms with E-state index in [9.17, 15) is 14.4 Å². The monoisotopic (exact) mass is 258 g/mol. The smallest absolute Gasteiger partial charge is 0.326 e. The number of carbonyl (C=O) groups excluding carboxylic acids is 2. The molecular formula is C11H18N2O5. The third-order valence-corrected chi connectivity index (χ3v) is 2.98. The molecule has 0 aliphatic heterocycles. The summed E-state index contributed by atoms with van der Waals surface area (Å²) in [6.07, 6.45) is 2.96. The lowest BCUT2D eigenvalue weighted by Gasteiger charge is -2.25. The summed E-state index contributed by atoms with van der Waals surface area (Å²) in [6, 6.07) is -1.84. The van der Waals surface area contributed by atoms with Gasteiger partial charge in [-0.1, -0.05) is 6.42 Å². The van der Waals surface area contributed by atoms with Gasteiger partial charge in [0.2, 0.25) is 0 Å². The number of hydrogen-bond donors (Lipinski definition) is 3. The van der Waals surface area contributed by atoms with Crippen LogP contribution in [0.4, 0.5) is 4.79 Å². The van der Waals surface area contributed by atoms with E-state index in [1.165, 1.54) is 6.42 Å². The Labute approximate surface area is 105 Å². The third-order valence-electron chi connectivity index (χ3n) is 2.98. The minimum Gasteiger partial charge on any atom is -0.480 e. The molecule has 1 atom stereocenters. The quantitative estimate of drug-likeness (QED) is 0.586. The Morgan fingerprint density at radius 1 is 1.39 bits per heavy atom. The highest BCUT2D eigenvalue weighted by atomic mass is 16.5. The number of nitrogens with one attached hydrogen (secondary N) is 2. The number of aliphatic carboxylic acids is 1. The van der Waals surface area contributed by atoms with Gasteiger partial charge >= 0.3 is 18.0 Å². The summed E-state index contributed by atoms with van der Waals surface area (Å²) < 4.78 is 4.36. The maximum atomic E-state index is 11.4. The Morgan fingerprint density at radius 2 is 2.06 bits per heavy atom. The average Bonchev–Trinajstić information content (AvgIpc) is 2.25. The van der Waals surface area contributed by atoms with Gasteiger partial charge in [-0.25, -0.2) is 9.59 Å². The predicted octanol–water partition coefficient (Wildman–Crippen LogP) is 0.102. The molecule has 0 saturated heterocycles. The molecule has 0 aromatic carbocycles. The summed E-state index contributed by atoms with van der Waals surface area (Å²) in [6.45, 7) is 0.538. The van der Waals surface area contributed by atoms with Crippen molar-refractivity contribution in [3.63, 3.8) is 0 Å². The molecule has 0 bridgehead atoms. The van der Waals surface area contributed by atoms with Crippen LogP contribution in [0.15, 0.2) is 0 Å². The fourth-order valence-electron chi connectivity index (χ4n) is 1.59. The molecule has 1 aliphatic rings. The van der Waals surface area contributed by atoms with Crippen molar-refractivity contribution in [2.24, 2.45) is 5.92 Å². The first kappa shape index (κ1) is 14.3. The zero-order chi connectivity index (χ0) is 13.5. The fraction of sp³-hybridized carbons (Fsp3) is 0.727. The van der Waals surface area contributed by atoms with Crippen LogP contribution in [0.2, 0.25) is 0 Å².